The van der Waals surface area contributed by atoms with Crippen LogP contribution in [0.25, 0.3) is 5.57 Å². The fourth-order valence-corrected chi connectivity index (χ4v) is 3.30. The first-order chi connectivity index (χ1) is 12.0. The van der Waals surface area contributed by atoms with Gasteiger partial charge in [0.25, 0.3) is 0 Å². The quantitative estimate of drug-likeness (QED) is 0.838. The molecule has 0 spiro atoms. The zero-order valence-corrected chi connectivity index (χ0v) is 15.2. The van der Waals surface area contributed by atoms with Gasteiger partial charge in [-0.3, -0.25) is 9.69 Å². The van der Waals surface area contributed by atoms with Gasteiger partial charge in [-0.05, 0) is 36.1 Å². The molecule has 1 aromatic rings. The van der Waals surface area contributed by atoms with Crippen molar-refractivity contribution < 1.29 is 14.3 Å². The Balaban J connectivity index is 1.67. The van der Waals surface area contributed by atoms with Crippen molar-refractivity contribution in [3.63, 3.8) is 0 Å². The monoisotopic (exact) mass is 342 g/mol. The lowest BCUT2D eigenvalue weighted by molar-refractivity contribution is -0.134. The highest BCUT2D eigenvalue weighted by molar-refractivity contribution is 5.90. The molecule has 1 unspecified atom stereocenters. The molecular weight excluding hydrogens is 316 g/mol. The molecule has 1 saturated heterocycles. The van der Waals surface area contributed by atoms with E-state index in [1.807, 2.05) is 49.9 Å². The number of carbonyl (C=O) groups is 2. The maximum atomic E-state index is 12.1. The van der Waals surface area contributed by atoms with Gasteiger partial charge in [-0.1, -0.05) is 39.0 Å². The minimum absolute atomic E-state index is 0.0160. The second-order valence-corrected chi connectivity index (χ2v) is 6.99. The van der Waals surface area contributed by atoms with Gasteiger partial charge >= 0.3 is 6.09 Å². The molecule has 3 rings (SSSR count). The Bertz CT molecular complexity index is 679. The van der Waals surface area contributed by atoms with Crippen LogP contribution in [0, 0.1) is 5.92 Å². The van der Waals surface area contributed by atoms with E-state index in [9.17, 15) is 9.59 Å². The van der Waals surface area contributed by atoms with Crippen LogP contribution in [0.15, 0.2) is 30.3 Å². The number of carbonyl (C=O) groups excluding carboxylic acids is 2. The van der Waals surface area contributed by atoms with Gasteiger partial charge in [0.1, 0.15) is 6.10 Å². The largest absolute Gasteiger partial charge is 0.444 e. The van der Waals surface area contributed by atoms with Gasteiger partial charge in [0.15, 0.2) is 0 Å². The van der Waals surface area contributed by atoms with E-state index >= 15 is 0 Å². The molecule has 5 heteroatoms. The van der Waals surface area contributed by atoms with Crippen molar-refractivity contribution in [2.24, 2.45) is 5.92 Å². The van der Waals surface area contributed by atoms with Crippen molar-refractivity contribution in [2.75, 3.05) is 24.5 Å². The second-order valence-electron chi connectivity index (χ2n) is 6.99. The van der Waals surface area contributed by atoms with Gasteiger partial charge in [-0.15, -0.1) is 0 Å². The minimum Gasteiger partial charge on any atom is -0.444 e. The van der Waals surface area contributed by atoms with Crippen LogP contribution < -0.4 is 4.90 Å². The van der Waals surface area contributed by atoms with Crippen molar-refractivity contribution in [3.05, 3.63) is 35.9 Å². The Morgan fingerprint density at radius 1 is 1.28 bits per heavy atom. The van der Waals surface area contributed by atoms with Crippen LogP contribution in [0.4, 0.5) is 10.5 Å². The molecule has 0 N–H and O–H groups in total. The number of cyclic esters (lactones) is 1. The van der Waals surface area contributed by atoms with Gasteiger partial charge in [-0.25, -0.2) is 4.79 Å². The Morgan fingerprint density at radius 3 is 2.52 bits per heavy atom. The van der Waals surface area contributed by atoms with Crippen LogP contribution in [0.2, 0.25) is 0 Å². The van der Waals surface area contributed by atoms with Gasteiger partial charge < -0.3 is 9.64 Å². The normalized spacial score (nSPS) is 20.7. The number of rotatable bonds is 4. The molecular formula is C20H26N2O3. The lowest BCUT2D eigenvalue weighted by atomic mass is 9.98. The standard InChI is InChI=1S/C20H26N2O3/c1-4-18-13-22(20(24)25-18)17-7-5-15(6-8-17)16-9-11-21(12-10-16)19(23)14(2)3/h5-9,14,18H,4,10-13H2,1-3H3. The van der Waals surface area contributed by atoms with Gasteiger partial charge in [0, 0.05) is 24.7 Å². The number of hydrogen-bond donors (Lipinski definition) is 0. The fraction of sp³-hybridized carbons (Fsp3) is 0.500. The topological polar surface area (TPSA) is 49.9 Å². The average molecular weight is 342 g/mol. The number of amides is 2. The lowest BCUT2D eigenvalue weighted by Gasteiger charge is -2.28. The summed E-state index contributed by atoms with van der Waals surface area (Å²) < 4.78 is 5.32. The zero-order valence-electron chi connectivity index (χ0n) is 15.2. The zero-order chi connectivity index (χ0) is 18.0. The molecule has 1 fully saturated rings. The first kappa shape index (κ1) is 17.5. The number of anilines is 1. The number of ether oxygens (including phenoxy) is 1. The third kappa shape index (κ3) is 3.70. The number of benzene rings is 1. The van der Waals surface area contributed by atoms with E-state index in [1.54, 1.807) is 4.90 Å². The molecule has 2 aliphatic rings. The smallest absolute Gasteiger partial charge is 0.414 e. The van der Waals surface area contributed by atoms with E-state index in [-0.39, 0.29) is 24.0 Å². The van der Waals surface area contributed by atoms with Gasteiger partial charge in [0.05, 0.1) is 6.54 Å². The summed E-state index contributed by atoms with van der Waals surface area (Å²) in [6.45, 7) is 7.95. The fourth-order valence-electron chi connectivity index (χ4n) is 3.30. The van der Waals surface area contributed by atoms with Gasteiger partial charge in [-0.2, -0.15) is 0 Å². The predicted octanol–water partition coefficient (Wildman–Crippen LogP) is 3.69. The Kier molecular flexibility index (Phi) is 5.11. The van der Waals surface area contributed by atoms with Crippen molar-refractivity contribution >= 4 is 23.3 Å². The summed E-state index contributed by atoms with van der Waals surface area (Å²) in [5.41, 5.74) is 3.28. The molecule has 1 atom stereocenters. The molecule has 25 heavy (non-hydrogen) atoms. The summed E-state index contributed by atoms with van der Waals surface area (Å²) in [5.74, 6) is 0.255. The number of nitrogens with zero attached hydrogens (tertiary/aromatic N) is 2. The summed E-state index contributed by atoms with van der Waals surface area (Å²) in [6.07, 6.45) is 3.55. The van der Waals surface area contributed by atoms with Crippen LogP contribution in [0.5, 0.6) is 0 Å². The summed E-state index contributed by atoms with van der Waals surface area (Å²) in [7, 11) is 0. The van der Waals surface area contributed by atoms with Crippen LogP contribution >= 0.6 is 0 Å². The van der Waals surface area contributed by atoms with Crippen molar-refractivity contribution in [3.8, 4) is 0 Å². The number of hydrogen-bond acceptors (Lipinski definition) is 3. The predicted molar refractivity (Wildman–Crippen MR) is 98.4 cm³/mol. The van der Waals surface area contributed by atoms with E-state index < -0.39 is 0 Å². The molecule has 0 radical (unpaired) electrons. The molecule has 2 aliphatic heterocycles. The molecule has 2 amide bonds. The molecule has 0 bridgehead atoms. The molecule has 0 aromatic heterocycles. The maximum absolute atomic E-state index is 12.1. The van der Waals surface area contributed by atoms with Crippen LogP contribution in [-0.2, 0) is 9.53 Å². The van der Waals surface area contributed by atoms with Crippen LogP contribution in [0.3, 0.4) is 0 Å². The second kappa shape index (κ2) is 7.30. The van der Waals surface area contributed by atoms with Gasteiger partial charge in [0.2, 0.25) is 5.91 Å². The SMILES string of the molecule is CCC1CN(c2ccc(C3=CCN(C(=O)C(C)C)CC3)cc2)C(=O)O1. The highest BCUT2D eigenvalue weighted by atomic mass is 16.6. The Labute approximate surface area is 149 Å². The summed E-state index contributed by atoms with van der Waals surface area (Å²) >= 11 is 0. The van der Waals surface area contributed by atoms with E-state index in [1.165, 1.54) is 5.57 Å². The van der Waals surface area contributed by atoms with Crippen LogP contribution in [-0.4, -0.2) is 42.6 Å². The molecule has 2 heterocycles. The highest BCUT2D eigenvalue weighted by Gasteiger charge is 2.31. The maximum Gasteiger partial charge on any atom is 0.414 e. The van der Waals surface area contributed by atoms with E-state index in [0.29, 0.717) is 13.1 Å². The Hall–Kier alpha value is -2.30. The van der Waals surface area contributed by atoms with E-state index in [0.717, 1.165) is 30.6 Å². The molecule has 0 saturated carbocycles. The highest BCUT2D eigenvalue weighted by Crippen LogP contribution is 2.27. The first-order valence-electron chi connectivity index (χ1n) is 9.06. The van der Waals surface area contributed by atoms with Crippen LogP contribution in [0.1, 0.15) is 39.2 Å². The van der Waals surface area contributed by atoms with Crippen molar-refractivity contribution in [1.29, 1.82) is 0 Å². The van der Waals surface area contributed by atoms with E-state index in [4.69, 9.17) is 4.74 Å². The van der Waals surface area contributed by atoms with Crippen molar-refractivity contribution in [1.82, 2.24) is 4.90 Å². The third-order valence-electron chi connectivity index (χ3n) is 4.89. The molecule has 134 valence electrons. The van der Waals surface area contributed by atoms with Crippen molar-refractivity contribution in [2.45, 2.75) is 39.7 Å². The summed E-state index contributed by atoms with van der Waals surface area (Å²) in [5, 5.41) is 0. The molecule has 1 aromatic carbocycles. The summed E-state index contributed by atoms with van der Waals surface area (Å²) in [4.78, 5) is 27.6. The Morgan fingerprint density at radius 2 is 2.00 bits per heavy atom. The third-order valence-corrected chi connectivity index (χ3v) is 4.89. The molecule has 0 aliphatic carbocycles. The minimum atomic E-state index is -0.265. The molecule has 5 nitrogen and oxygen atoms in total. The lowest BCUT2D eigenvalue weighted by Crippen LogP contribution is -2.37. The summed E-state index contributed by atoms with van der Waals surface area (Å²) in [6, 6.07) is 8.05. The first-order valence-corrected chi connectivity index (χ1v) is 9.06. The average Bonchev–Trinajstić information content (AvgIpc) is 3.02. The van der Waals surface area contributed by atoms with E-state index in [2.05, 4.69) is 6.08 Å².